The summed E-state index contributed by atoms with van der Waals surface area (Å²) in [6.45, 7) is 2.65. The van der Waals surface area contributed by atoms with Crippen LogP contribution in [0.2, 0.25) is 0 Å². The van der Waals surface area contributed by atoms with Crippen molar-refractivity contribution in [2.24, 2.45) is 0 Å². The lowest BCUT2D eigenvalue weighted by Gasteiger charge is -2.13. The summed E-state index contributed by atoms with van der Waals surface area (Å²) in [7, 11) is -3.37. The highest BCUT2D eigenvalue weighted by atomic mass is 32.2. The number of thiophene rings is 1. The van der Waals surface area contributed by atoms with E-state index in [2.05, 4.69) is 0 Å². The topological polar surface area (TPSA) is 57.6 Å². The Bertz CT molecular complexity index is 466. The third-order valence-corrected chi connectivity index (χ3v) is 6.27. The van der Waals surface area contributed by atoms with Crippen LogP contribution >= 0.6 is 11.3 Å². The molecule has 0 aliphatic carbocycles. The monoisotopic (exact) mass is 261 g/mol. The fourth-order valence-electron chi connectivity index (χ4n) is 1.74. The van der Waals surface area contributed by atoms with Gasteiger partial charge in [-0.2, -0.15) is 4.31 Å². The van der Waals surface area contributed by atoms with Crippen LogP contribution in [0.3, 0.4) is 0 Å². The van der Waals surface area contributed by atoms with Crippen LogP contribution in [0.25, 0.3) is 0 Å². The van der Waals surface area contributed by atoms with Crippen molar-refractivity contribution in [3.8, 4) is 0 Å². The van der Waals surface area contributed by atoms with E-state index in [1.165, 1.54) is 15.6 Å². The molecule has 6 heteroatoms. The number of hydrogen-bond donors (Lipinski definition) is 1. The van der Waals surface area contributed by atoms with Gasteiger partial charge < -0.3 is 5.11 Å². The predicted molar refractivity (Wildman–Crippen MR) is 63.1 cm³/mol. The predicted octanol–water partition coefficient (Wildman–Crippen LogP) is 1.07. The molecule has 0 bridgehead atoms. The second-order valence-electron chi connectivity index (χ2n) is 3.88. The summed E-state index contributed by atoms with van der Waals surface area (Å²) in [5.74, 6) is 0. The van der Waals surface area contributed by atoms with Crippen LogP contribution < -0.4 is 0 Å². The van der Waals surface area contributed by atoms with E-state index in [4.69, 9.17) is 0 Å². The summed E-state index contributed by atoms with van der Waals surface area (Å²) < 4.78 is 26.0. The van der Waals surface area contributed by atoms with Crippen LogP contribution in [0.15, 0.2) is 16.3 Å². The number of aliphatic hydroxyl groups excluding tert-OH is 1. The summed E-state index contributed by atoms with van der Waals surface area (Å²) >= 11 is 1.32. The van der Waals surface area contributed by atoms with E-state index >= 15 is 0 Å². The van der Waals surface area contributed by atoms with Gasteiger partial charge in [0.25, 0.3) is 10.0 Å². The van der Waals surface area contributed by atoms with Crippen molar-refractivity contribution in [1.29, 1.82) is 0 Å². The Morgan fingerprint density at radius 2 is 2.31 bits per heavy atom. The first-order valence-electron chi connectivity index (χ1n) is 5.31. The minimum absolute atomic E-state index is 0.224. The Kier molecular flexibility index (Phi) is 3.34. The molecule has 0 saturated carbocycles. The Hall–Kier alpha value is -0.430. The van der Waals surface area contributed by atoms with Gasteiger partial charge in [0, 0.05) is 18.0 Å². The first-order valence-corrected chi connectivity index (χ1v) is 7.56. The summed E-state index contributed by atoms with van der Waals surface area (Å²) in [5, 5.41) is 9.36. The molecular formula is C10H15NO3S2. The van der Waals surface area contributed by atoms with E-state index in [0.717, 1.165) is 11.3 Å². The molecule has 4 nitrogen and oxygen atoms in total. The molecule has 0 unspecified atom stereocenters. The fourth-order valence-corrected chi connectivity index (χ4v) is 4.69. The second-order valence-corrected chi connectivity index (χ2v) is 7.21. The van der Waals surface area contributed by atoms with E-state index in [-0.39, 0.29) is 6.54 Å². The molecule has 1 atom stereocenters. The van der Waals surface area contributed by atoms with Crippen LogP contribution in [0.5, 0.6) is 0 Å². The van der Waals surface area contributed by atoms with Crippen LogP contribution in [0.1, 0.15) is 18.2 Å². The van der Waals surface area contributed by atoms with Crippen molar-refractivity contribution in [2.75, 3.05) is 13.1 Å². The van der Waals surface area contributed by atoms with Crippen LogP contribution in [-0.4, -0.2) is 37.0 Å². The number of sulfonamides is 1. The molecule has 1 fully saturated rings. The van der Waals surface area contributed by atoms with Gasteiger partial charge in [-0.3, -0.25) is 0 Å². The number of aryl methyl sites for hydroxylation is 1. The van der Waals surface area contributed by atoms with Gasteiger partial charge in [0.1, 0.15) is 4.21 Å². The zero-order valence-electron chi connectivity index (χ0n) is 9.09. The van der Waals surface area contributed by atoms with Crippen LogP contribution in [0, 0.1) is 0 Å². The first-order chi connectivity index (χ1) is 7.54. The lowest BCUT2D eigenvalue weighted by molar-refractivity contribution is 0.189. The summed E-state index contributed by atoms with van der Waals surface area (Å²) in [4.78, 5) is 1.07. The van der Waals surface area contributed by atoms with E-state index < -0.39 is 16.1 Å². The highest BCUT2D eigenvalue weighted by molar-refractivity contribution is 7.91. The number of hydrogen-bond acceptors (Lipinski definition) is 4. The Labute approximate surface area is 99.6 Å². The first kappa shape index (κ1) is 12.0. The average Bonchev–Trinajstić information content (AvgIpc) is 2.85. The maximum absolute atomic E-state index is 12.1. The zero-order valence-corrected chi connectivity index (χ0v) is 10.7. The molecule has 0 aromatic carbocycles. The molecule has 16 heavy (non-hydrogen) atoms. The summed E-state index contributed by atoms with van der Waals surface area (Å²) in [6, 6.07) is 3.51. The van der Waals surface area contributed by atoms with Gasteiger partial charge >= 0.3 is 0 Å². The van der Waals surface area contributed by atoms with Gasteiger partial charge in [-0.15, -0.1) is 11.3 Å². The smallest absolute Gasteiger partial charge is 0.252 e. The molecule has 90 valence electrons. The van der Waals surface area contributed by atoms with Crippen molar-refractivity contribution in [1.82, 2.24) is 4.31 Å². The minimum Gasteiger partial charge on any atom is -0.392 e. The molecule has 1 saturated heterocycles. The SMILES string of the molecule is CCc1ccc(S(=O)(=O)N2CC[C@@H](O)C2)s1. The minimum atomic E-state index is -3.37. The van der Waals surface area contributed by atoms with E-state index in [1.807, 2.05) is 13.0 Å². The quantitative estimate of drug-likeness (QED) is 0.885. The molecule has 1 aromatic rings. The summed E-state index contributed by atoms with van der Waals surface area (Å²) in [5.41, 5.74) is 0. The lowest BCUT2D eigenvalue weighted by Crippen LogP contribution is -2.29. The van der Waals surface area contributed by atoms with Gasteiger partial charge in [-0.05, 0) is 25.0 Å². The Morgan fingerprint density at radius 3 is 2.81 bits per heavy atom. The second kappa shape index (κ2) is 4.44. The standard InChI is InChI=1S/C10H15NO3S2/c1-2-9-3-4-10(15-9)16(13,14)11-6-5-8(12)7-11/h3-4,8,12H,2,5-7H2,1H3/t8-/m1/s1. The maximum Gasteiger partial charge on any atom is 0.252 e. The van der Waals surface area contributed by atoms with Crippen LogP contribution in [-0.2, 0) is 16.4 Å². The lowest BCUT2D eigenvalue weighted by atomic mass is 10.3. The number of rotatable bonds is 3. The molecular weight excluding hydrogens is 246 g/mol. The number of nitrogens with zero attached hydrogens (tertiary/aromatic N) is 1. The molecule has 0 radical (unpaired) electrons. The van der Waals surface area contributed by atoms with E-state index in [0.29, 0.717) is 17.2 Å². The van der Waals surface area contributed by atoms with Gasteiger partial charge in [0.05, 0.1) is 6.10 Å². The number of aliphatic hydroxyl groups is 1. The third-order valence-electron chi connectivity index (χ3n) is 2.71. The van der Waals surface area contributed by atoms with Crippen molar-refractivity contribution in [2.45, 2.75) is 30.1 Å². The normalized spacial score (nSPS) is 22.8. The molecule has 2 rings (SSSR count). The molecule has 0 spiro atoms. The van der Waals surface area contributed by atoms with Crippen molar-refractivity contribution >= 4 is 21.4 Å². The molecule has 1 aliphatic heterocycles. The maximum atomic E-state index is 12.1. The van der Waals surface area contributed by atoms with Gasteiger partial charge in [0.15, 0.2) is 0 Å². The van der Waals surface area contributed by atoms with Gasteiger partial charge in [-0.25, -0.2) is 8.42 Å². The van der Waals surface area contributed by atoms with E-state index in [9.17, 15) is 13.5 Å². The third kappa shape index (κ3) is 2.15. The van der Waals surface area contributed by atoms with Crippen molar-refractivity contribution in [3.05, 3.63) is 17.0 Å². The number of β-amino-alcohol motifs (C(OH)–C–C–N with tert-alkyl or cyclic N) is 1. The van der Waals surface area contributed by atoms with Crippen LogP contribution in [0.4, 0.5) is 0 Å². The molecule has 1 aliphatic rings. The van der Waals surface area contributed by atoms with Gasteiger partial charge in [-0.1, -0.05) is 6.92 Å². The average molecular weight is 261 g/mol. The summed E-state index contributed by atoms with van der Waals surface area (Å²) in [6.07, 6.45) is 0.869. The van der Waals surface area contributed by atoms with Gasteiger partial charge in [0.2, 0.25) is 0 Å². The molecule has 1 aromatic heterocycles. The zero-order chi connectivity index (χ0) is 11.8. The molecule has 2 heterocycles. The van der Waals surface area contributed by atoms with E-state index in [1.54, 1.807) is 6.07 Å². The highest BCUT2D eigenvalue weighted by Crippen LogP contribution is 2.27. The van der Waals surface area contributed by atoms with Crippen molar-refractivity contribution in [3.63, 3.8) is 0 Å². The highest BCUT2D eigenvalue weighted by Gasteiger charge is 2.32. The molecule has 1 N–H and O–H groups in total. The Morgan fingerprint density at radius 1 is 1.56 bits per heavy atom. The molecule has 0 amide bonds. The fraction of sp³-hybridized carbons (Fsp3) is 0.600. The van der Waals surface area contributed by atoms with Crippen molar-refractivity contribution < 1.29 is 13.5 Å². The Balaban J connectivity index is 2.25. The largest absolute Gasteiger partial charge is 0.392 e.